The molecule has 2 nitrogen and oxygen atoms in total. The molecule has 1 saturated heterocycles. The molecule has 0 bridgehead atoms. The Balaban J connectivity index is 1.70. The van der Waals surface area contributed by atoms with Crippen LogP contribution in [0.4, 0.5) is 5.69 Å². The molecule has 0 unspecified atom stereocenters. The molecule has 21 heavy (non-hydrogen) atoms. The lowest BCUT2D eigenvalue weighted by atomic mass is 10.1. The molecule has 118 valence electrons. The number of anilines is 1. The van der Waals surface area contributed by atoms with Gasteiger partial charge in [-0.05, 0) is 44.4 Å². The van der Waals surface area contributed by atoms with Gasteiger partial charge in [-0.3, -0.25) is 4.90 Å². The Morgan fingerprint density at radius 2 is 1.67 bits per heavy atom. The van der Waals surface area contributed by atoms with Crippen molar-refractivity contribution in [3.8, 4) is 0 Å². The van der Waals surface area contributed by atoms with Crippen LogP contribution < -0.4 is 4.90 Å². The van der Waals surface area contributed by atoms with Crippen molar-refractivity contribution in [3.05, 3.63) is 29.8 Å². The molecule has 1 fully saturated rings. The largest absolute Gasteiger partial charge is 0.369 e. The van der Waals surface area contributed by atoms with Crippen LogP contribution in [0, 0.1) is 12.8 Å². The van der Waals surface area contributed by atoms with Crippen LogP contribution in [0.1, 0.15) is 32.3 Å². The molecule has 0 aromatic heterocycles. The highest BCUT2D eigenvalue weighted by Crippen LogP contribution is 2.20. The normalized spacial score (nSPS) is 18.2. The second kappa shape index (κ2) is 8.37. The van der Waals surface area contributed by atoms with Crippen molar-refractivity contribution < 1.29 is 0 Å². The van der Waals surface area contributed by atoms with Crippen LogP contribution in [0.5, 0.6) is 0 Å². The molecular weight excluding hydrogens is 371 g/mol. The molecule has 0 amide bonds. The zero-order chi connectivity index (χ0) is 15.2. The van der Waals surface area contributed by atoms with Gasteiger partial charge < -0.3 is 4.90 Å². The molecule has 1 aliphatic rings. The zero-order valence-electron chi connectivity index (χ0n) is 13.7. The lowest BCUT2D eigenvalue weighted by Crippen LogP contribution is -2.46. The van der Waals surface area contributed by atoms with Gasteiger partial charge in [-0.15, -0.1) is 0 Å². The minimum atomic E-state index is 0.809. The van der Waals surface area contributed by atoms with E-state index in [9.17, 15) is 0 Å². The topological polar surface area (TPSA) is 6.48 Å². The predicted octanol–water partition coefficient (Wildman–Crippen LogP) is 4.36. The van der Waals surface area contributed by atoms with Crippen LogP contribution in [0.2, 0.25) is 0 Å². The number of hydrogen-bond donors (Lipinski definition) is 0. The van der Waals surface area contributed by atoms with E-state index in [-0.39, 0.29) is 0 Å². The molecule has 1 aromatic rings. The standard InChI is InChI=1S/C18H29IN2/c1-15(2)18(19)5-4-10-20-11-13-21(14-12-20)17-8-6-16(3)7-9-17/h6-9,15,18H,4-5,10-14H2,1-3H3/t18-/m1/s1. The Morgan fingerprint density at radius 3 is 2.24 bits per heavy atom. The van der Waals surface area contributed by atoms with Gasteiger partial charge in [-0.25, -0.2) is 0 Å². The number of alkyl halides is 1. The number of aryl methyl sites for hydroxylation is 1. The van der Waals surface area contributed by atoms with Crippen LogP contribution in [0.15, 0.2) is 24.3 Å². The van der Waals surface area contributed by atoms with E-state index in [4.69, 9.17) is 0 Å². The maximum absolute atomic E-state index is 2.63. The van der Waals surface area contributed by atoms with Gasteiger partial charge in [0.2, 0.25) is 0 Å². The first-order valence-electron chi connectivity index (χ1n) is 8.24. The van der Waals surface area contributed by atoms with E-state index in [1.165, 1.54) is 56.8 Å². The summed E-state index contributed by atoms with van der Waals surface area (Å²) < 4.78 is 0.830. The summed E-state index contributed by atoms with van der Waals surface area (Å²) >= 11 is 2.61. The third kappa shape index (κ3) is 5.44. The van der Waals surface area contributed by atoms with E-state index in [0.29, 0.717) is 0 Å². The smallest absolute Gasteiger partial charge is 0.0367 e. The molecular formula is C18H29IN2. The monoisotopic (exact) mass is 400 g/mol. The van der Waals surface area contributed by atoms with Crippen molar-refractivity contribution in [2.45, 2.75) is 37.5 Å². The first-order chi connectivity index (χ1) is 10.1. The van der Waals surface area contributed by atoms with Gasteiger partial charge in [-0.2, -0.15) is 0 Å². The first-order valence-corrected chi connectivity index (χ1v) is 9.49. The molecule has 0 spiro atoms. The third-order valence-electron chi connectivity index (χ3n) is 4.45. The second-order valence-corrected chi connectivity index (χ2v) is 8.17. The Morgan fingerprint density at radius 1 is 1.05 bits per heavy atom. The molecule has 1 atom stereocenters. The van der Waals surface area contributed by atoms with Gasteiger partial charge in [0, 0.05) is 35.8 Å². The molecule has 2 rings (SSSR count). The molecule has 0 saturated carbocycles. The molecule has 1 heterocycles. The number of benzene rings is 1. The number of hydrogen-bond acceptors (Lipinski definition) is 2. The van der Waals surface area contributed by atoms with E-state index < -0.39 is 0 Å². The third-order valence-corrected chi connectivity index (χ3v) is 6.51. The van der Waals surface area contributed by atoms with Crippen LogP contribution in [-0.2, 0) is 0 Å². The maximum atomic E-state index is 2.63. The van der Waals surface area contributed by atoms with Gasteiger partial charge in [0.15, 0.2) is 0 Å². The van der Waals surface area contributed by atoms with E-state index in [1.807, 2.05) is 0 Å². The SMILES string of the molecule is Cc1ccc(N2CCN(CCC[C@@H](I)C(C)C)CC2)cc1. The molecule has 0 aliphatic carbocycles. The average molecular weight is 400 g/mol. The van der Waals surface area contributed by atoms with E-state index in [2.05, 4.69) is 77.4 Å². The highest BCUT2D eigenvalue weighted by Gasteiger charge is 2.17. The minimum absolute atomic E-state index is 0.809. The Hall–Kier alpha value is -0.290. The minimum Gasteiger partial charge on any atom is -0.369 e. The molecule has 3 heteroatoms. The van der Waals surface area contributed by atoms with Crippen molar-refractivity contribution in [2.75, 3.05) is 37.6 Å². The number of piperazine rings is 1. The van der Waals surface area contributed by atoms with Crippen LogP contribution in [0.25, 0.3) is 0 Å². The predicted molar refractivity (Wildman–Crippen MR) is 102 cm³/mol. The summed E-state index contributed by atoms with van der Waals surface area (Å²) in [6.45, 7) is 12.8. The average Bonchev–Trinajstić information content (AvgIpc) is 2.48. The highest BCUT2D eigenvalue weighted by atomic mass is 127. The van der Waals surface area contributed by atoms with E-state index in [1.54, 1.807) is 0 Å². The quantitative estimate of drug-likeness (QED) is 0.517. The fourth-order valence-electron chi connectivity index (χ4n) is 2.83. The van der Waals surface area contributed by atoms with Gasteiger partial charge in [0.05, 0.1) is 0 Å². The highest BCUT2D eigenvalue weighted by molar-refractivity contribution is 14.1. The summed E-state index contributed by atoms with van der Waals surface area (Å²) in [5.74, 6) is 0.809. The van der Waals surface area contributed by atoms with Crippen molar-refractivity contribution in [1.82, 2.24) is 4.90 Å². The van der Waals surface area contributed by atoms with Gasteiger partial charge in [0.25, 0.3) is 0 Å². The summed E-state index contributed by atoms with van der Waals surface area (Å²) in [5.41, 5.74) is 2.73. The summed E-state index contributed by atoms with van der Waals surface area (Å²) in [4.78, 5) is 5.15. The maximum Gasteiger partial charge on any atom is 0.0367 e. The van der Waals surface area contributed by atoms with Crippen molar-refractivity contribution >= 4 is 28.3 Å². The molecule has 0 N–H and O–H groups in total. The Kier molecular flexibility index (Phi) is 6.80. The van der Waals surface area contributed by atoms with Crippen LogP contribution in [0.3, 0.4) is 0 Å². The molecule has 1 aliphatic heterocycles. The second-order valence-electron chi connectivity index (χ2n) is 6.57. The zero-order valence-corrected chi connectivity index (χ0v) is 15.8. The van der Waals surface area contributed by atoms with Crippen molar-refractivity contribution in [2.24, 2.45) is 5.92 Å². The summed E-state index contributed by atoms with van der Waals surface area (Å²) in [5, 5.41) is 0. The van der Waals surface area contributed by atoms with Gasteiger partial charge >= 0.3 is 0 Å². The van der Waals surface area contributed by atoms with E-state index >= 15 is 0 Å². The summed E-state index contributed by atoms with van der Waals surface area (Å²) in [6, 6.07) is 8.95. The fraction of sp³-hybridized carbons (Fsp3) is 0.667. The van der Waals surface area contributed by atoms with Crippen molar-refractivity contribution in [1.29, 1.82) is 0 Å². The van der Waals surface area contributed by atoms with Crippen LogP contribution in [-0.4, -0.2) is 41.5 Å². The molecule has 0 radical (unpaired) electrons. The van der Waals surface area contributed by atoms with Crippen LogP contribution >= 0.6 is 22.6 Å². The number of rotatable bonds is 6. The lowest BCUT2D eigenvalue weighted by Gasteiger charge is -2.36. The molecule has 1 aromatic carbocycles. The van der Waals surface area contributed by atoms with E-state index in [0.717, 1.165) is 9.84 Å². The Bertz CT molecular complexity index is 408. The number of nitrogens with zero attached hydrogens (tertiary/aromatic N) is 2. The first kappa shape index (κ1) is 17.1. The fourth-order valence-corrected chi connectivity index (χ4v) is 3.27. The van der Waals surface area contributed by atoms with Crippen molar-refractivity contribution in [3.63, 3.8) is 0 Å². The summed E-state index contributed by atoms with van der Waals surface area (Å²) in [7, 11) is 0. The van der Waals surface area contributed by atoms with Gasteiger partial charge in [0.1, 0.15) is 0 Å². The number of halogens is 1. The van der Waals surface area contributed by atoms with Gasteiger partial charge in [-0.1, -0.05) is 54.1 Å². The lowest BCUT2D eigenvalue weighted by molar-refractivity contribution is 0.252. The summed E-state index contributed by atoms with van der Waals surface area (Å²) in [6.07, 6.45) is 2.70. The Labute approximate surface area is 144 Å².